The summed E-state index contributed by atoms with van der Waals surface area (Å²) in [4.78, 5) is 0. The molecule has 2 aromatic carbocycles. The Morgan fingerprint density at radius 2 is 1.70 bits per heavy atom. The van der Waals surface area contributed by atoms with Crippen molar-refractivity contribution in [2.75, 3.05) is 13.3 Å². The Bertz CT molecular complexity index is 845. The van der Waals surface area contributed by atoms with Crippen molar-refractivity contribution in [2.24, 2.45) is 0 Å². The van der Waals surface area contributed by atoms with Gasteiger partial charge in [0.05, 0.1) is 21.2 Å². The number of phenolic OH excluding ortho intramolecular Hbond substituents is 1. The van der Waals surface area contributed by atoms with E-state index in [-0.39, 0.29) is 29.3 Å². The van der Waals surface area contributed by atoms with E-state index in [4.69, 9.17) is 4.74 Å². The van der Waals surface area contributed by atoms with Crippen molar-refractivity contribution in [1.82, 2.24) is 0 Å². The predicted molar refractivity (Wildman–Crippen MR) is 146 cm³/mol. The van der Waals surface area contributed by atoms with Gasteiger partial charge in [-0.3, -0.25) is 0 Å². The molecule has 1 atom stereocenters. The van der Waals surface area contributed by atoms with Crippen molar-refractivity contribution in [3.63, 3.8) is 0 Å². The Morgan fingerprint density at radius 1 is 1.03 bits per heavy atom. The zero-order valence-electron chi connectivity index (χ0n) is 21.6. The summed E-state index contributed by atoms with van der Waals surface area (Å²) in [5.74, 6) is 1.39. The van der Waals surface area contributed by atoms with E-state index in [1.165, 1.54) is 43.0 Å². The van der Waals surface area contributed by atoms with Gasteiger partial charge in [-0.15, -0.1) is 0 Å². The molecule has 0 heterocycles. The zero-order chi connectivity index (χ0) is 22.9. The molecule has 0 bridgehead atoms. The van der Waals surface area contributed by atoms with E-state index in [1.54, 1.807) is 7.11 Å². The second-order valence-corrected chi connectivity index (χ2v) is 11.9. The van der Waals surface area contributed by atoms with Gasteiger partial charge < -0.3 is 16.3 Å². The van der Waals surface area contributed by atoms with E-state index in [0.717, 1.165) is 22.8 Å². The average molecular weight is 514 g/mol. The Kier molecular flexibility index (Phi) is 14.8. The molecular weight excluding hydrogens is 470 g/mol. The third-order valence-corrected chi connectivity index (χ3v) is 8.77. The summed E-state index contributed by atoms with van der Waals surface area (Å²) >= 11 is 0. The Morgan fingerprint density at radius 3 is 2.33 bits per heavy atom. The molecule has 0 aromatic heterocycles. The Hall–Kier alpha value is -1.43. The number of allylic oxidation sites excluding steroid dienone is 2. The number of hydrogen-bond acceptors (Lipinski definition) is 2. The molecule has 3 rings (SSSR count). The molecule has 2 aromatic rings. The number of aryl methyl sites for hydroxylation is 1. The van der Waals surface area contributed by atoms with Crippen LogP contribution < -0.4 is 15.3 Å². The molecule has 1 aliphatic carbocycles. The third kappa shape index (κ3) is 9.03. The molecule has 1 unspecified atom stereocenters. The fourth-order valence-electron chi connectivity index (χ4n) is 4.07. The largest absolute Gasteiger partial charge is 0.504 e. The van der Waals surface area contributed by atoms with Crippen molar-refractivity contribution < 1.29 is 26.3 Å². The van der Waals surface area contributed by atoms with Gasteiger partial charge in [0, 0.05) is 29.5 Å². The minimum Gasteiger partial charge on any atom is -0.504 e. The first kappa shape index (κ1) is 31.6. The SMILES string of the molecule is C1=C\CCC[CH-]CC/1.CC[PH+](c1cccc(C(C)(C)C)c1O)c1c(C)cccc1OC.[CH3+].[Ni]. The van der Waals surface area contributed by atoms with E-state index in [1.807, 2.05) is 18.2 Å². The number of hydrogen-bond donors (Lipinski definition) is 1. The Labute approximate surface area is 214 Å². The smallest absolute Gasteiger partial charge is 0.161 e. The summed E-state index contributed by atoms with van der Waals surface area (Å²) in [5.41, 5.74) is 2.18. The average Bonchev–Trinajstić information content (AvgIpc) is 2.69. The number of benzene rings is 2. The van der Waals surface area contributed by atoms with Crippen LogP contribution in [0.3, 0.4) is 0 Å². The van der Waals surface area contributed by atoms with Gasteiger partial charge in [-0.2, -0.15) is 12.8 Å². The maximum absolute atomic E-state index is 10.9. The van der Waals surface area contributed by atoms with E-state index < -0.39 is 7.92 Å². The molecular formula is C29H44NiO2P+. The molecule has 0 fully saturated rings. The number of phenols is 1. The molecule has 0 radical (unpaired) electrons. The first-order valence-electron chi connectivity index (χ1n) is 11.6. The molecule has 1 N–H and O–H groups in total. The normalized spacial score (nSPS) is 15.3. The minimum atomic E-state index is -1.10. The molecule has 0 spiro atoms. The van der Waals surface area contributed by atoms with Gasteiger partial charge in [0.1, 0.15) is 10.6 Å². The topological polar surface area (TPSA) is 29.5 Å². The molecule has 0 amide bonds. The number of rotatable bonds is 4. The quantitative estimate of drug-likeness (QED) is 0.200. The van der Waals surface area contributed by atoms with Gasteiger partial charge in [0.15, 0.2) is 11.5 Å². The summed E-state index contributed by atoms with van der Waals surface area (Å²) < 4.78 is 5.61. The summed E-state index contributed by atoms with van der Waals surface area (Å²) in [7, 11) is 0.623. The predicted octanol–water partition coefficient (Wildman–Crippen LogP) is 7.35. The van der Waals surface area contributed by atoms with Crippen LogP contribution in [0, 0.1) is 20.8 Å². The van der Waals surface area contributed by atoms with Crippen LogP contribution in [0.2, 0.25) is 0 Å². The standard InChI is InChI=1S/C20H27O2P.C8H13.CH3.Ni/c1-7-23(19-14(2)10-8-12-16(19)22-6)17-13-9-11-15(18(17)21)20(3,4)5;1-2-4-6-8-7-5-3-1;;/h8-13,21H,7H2,1-6H3;1-2,7H,3-6,8H2;1H3;/q;-1;+1;/p+1/b;2-1-;;. The van der Waals surface area contributed by atoms with Gasteiger partial charge >= 0.3 is 0 Å². The van der Waals surface area contributed by atoms with Gasteiger partial charge in [0.2, 0.25) is 0 Å². The maximum atomic E-state index is 10.9. The van der Waals surface area contributed by atoms with Crippen LogP contribution >= 0.6 is 7.92 Å². The fraction of sp³-hybridized carbons (Fsp3) is 0.448. The van der Waals surface area contributed by atoms with Gasteiger partial charge in [-0.1, -0.05) is 70.0 Å². The summed E-state index contributed by atoms with van der Waals surface area (Å²) in [5, 5.41) is 13.3. The summed E-state index contributed by atoms with van der Waals surface area (Å²) in [6.07, 6.45) is 14.5. The number of methoxy groups -OCH3 is 1. The van der Waals surface area contributed by atoms with Gasteiger partial charge in [-0.25, -0.2) is 0 Å². The van der Waals surface area contributed by atoms with Crippen molar-refractivity contribution >= 4 is 18.5 Å². The molecule has 0 aliphatic heterocycles. The van der Waals surface area contributed by atoms with Crippen molar-refractivity contribution in [3.05, 3.63) is 73.5 Å². The summed E-state index contributed by atoms with van der Waals surface area (Å²) in [6, 6.07) is 12.4. The van der Waals surface area contributed by atoms with Crippen LogP contribution in [-0.2, 0) is 21.9 Å². The second kappa shape index (κ2) is 15.5. The first-order chi connectivity index (χ1) is 14.8. The summed E-state index contributed by atoms with van der Waals surface area (Å²) in [6.45, 7) is 10.7. The van der Waals surface area contributed by atoms with Crippen molar-refractivity contribution in [1.29, 1.82) is 0 Å². The van der Waals surface area contributed by atoms with E-state index in [9.17, 15) is 5.11 Å². The number of aromatic hydroxyl groups is 1. The van der Waals surface area contributed by atoms with Crippen LogP contribution in [-0.4, -0.2) is 18.4 Å². The molecule has 2 nitrogen and oxygen atoms in total. The zero-order valence-corrected chi connectivity index (χ0v) is 23.6. The molecule has 186 valence electrons. The van der Waals surface area contributed by atoms with Gasteiger partial charge in [0.25, 0.3) is 0 Å². The number of para-hydroxylation sites is 1. The molecule has 0 saturated carbocycles. The van der Waals surface area contributed by atoms with Gasteiger partial charge in [-0.05, 0) is 43.4 Å². The molecule has 4 heteroatoms. The van der Waals surface area contributed by atoms with Crippen LogP contribution in [0.4, 0.5) is 0 Å². The third-order valence-electron chi connectivity index (χ3n) is 5.76. The van der Waals surface area contributed by atoms with Crippen LogP contribution in [0.25, 0.3) is 0 Å². The molecule has 0 saturated heterocycles. The minimum absolute atomic E-state index is 0. The van der Waals surface area contributed by atoms with Crippen LogP contribution in [0.5, 0.6) is 11.5 Å². The van der Waals surface area contributed by atoms with E-state index >= 15 is 0 Å². The monoisotopic (exact) mass is 513 g/mol. The van der Waals surface area contributed by atoms with E-state index in [2.05, 4.69) is 71.4 Å². The maximum Gasteiger partial charge on any atom is 0.161 e. The van der Waals surface area contributed by atoms with E-state index in [0.29, 0.717) is 5.75 Å². The Balaban J connectivity index is 0.000000870. The number of ether oxygens (including phenoxy) is 1. The van der Waals surface area contributed by atoms with Crippen LogP contribution in [0.15, 0.2) is 48.6 Å². The second-order valence-electron chi connectivity index (χ2n) is 9.20. The van der Waals surface area contributed by atoms with Crippen LogP contribution in [0.1, 0.15) is 70.9 Å². The van der Waals surface area contributed by atoms with Crippen molar-refractivity contribution in [3.8, 4) is 11.5 Å². The first-order valence-corrected chi connectivity index (χ1v) is 13.3. The van der Waals surface area contributed by atoms with Crippen molar-refractivity contribution in [2.45, 2.75) is 72.1 Å². The fourth-order valence-corrected chi connectivity index (χ4v) is 6.83. The molecule has 33 heavy (non-hydrogen) atoms. The molecule has 1 aliphatic rings.